The summed E-state index contributed by atoms with van der Waals surface area (Å²) in [4.78, 5) is 24.7. The Bertz CT molecular complexity index is 2020. The smallest absolute Gasteiger partial charge is 0.306 e. The fourth-order valence-corrected chi connectivity index (χ4v) is 10.6. The van der Waals surface area contributed by atoms with E-state index in [-0.39, 0.29) is 25.2 Å². The van der Waals surface area contributed by atoms with Crippen molar-refractivity contribution in [2.24, 2.45) is 0 Å². The molecule has 5 nitrogen and oxygen atoms in total. The van der Waals surface area contributed by atoms with Crippen molar-refractivity contribution in [3.63, 3.8) is 0 Å². The number of esters is 2. The van der Waals surface area contributed by atoms with Crippen molar-refractivity contribution in [1.82, 2.24) is 0 Å². The first kappa shape index (κ1) is 87.0. The number of carbonyl (C=O) groups is 2. The van der Waals surface area contributed by atoms with Crippen LogP contribution in [0.4, 0.5) is 0 Å². The van der Waals surface area contributed by atoms with Crippen LogP contribution in [-0.2, 0) is 19.1 Å². The largest absolute Gasteiger partial charge is 0.462 e. The molecular formula is C87H142O5. The van der Waals surface area contributed by atoms with E-state index in [1.807, 2.05) is 0 Å². The third-order valence-electron chi connectivity index (χ3n) is 16.2. The molecule has 0 amide bonds. The molecule has 0 fully saturated rings. The molecule has 0 saturated carbocycles. The molecule has 0 aromatic heterocycles. The molecule has 0 heterocycles. The summed E-state index contributed by atoms with van der Waals surface area (Å²) in [6.45, 7) is 3.92. The van der Waals surface area contributed by atoms with Crippen LogP contribution in [0.5, 0.6) is 0 Å². The van der Waals surface area contributed by atoms with Crippen LogP contribution in [0.15, 0.2) is 182 Å². The van der Waals surface area contributed by atoms with Crippen LogP contribution in [0.25, 0.3) is 0 Å². The second kappa shape index (κ2) is 80.2. The SMILES string of the molecule is CC/C=C\C/C=C\C/C=C\C/C=C\C/C=C\C/C=C\C/C=C\C/C=C\C/C=C\C/C=C\C/C=C\CCCCCCCCCC(=O)OC(CO)COC(=O)CCCCCCCCCCCCCCCCCCCCCCCCCC/C=C\C/C=C\C/C=C\C/C=C\CC. The Hall–Kier alpha value is -5.00. The Morgan fingerprint density at radius 2 is 0.435 bits per heavy atom. The summed E-state index contributed by atoms with van der Waals surface area (Å²) in [5, 5.41) is 9.72. The van der Waals surface area contributed by atoms with Gasteiger partial charge in [-0.3, -0.25) is 9.59 Å². The molecule has 0 aliphatic carbocycles. The molecule has 0 radical (unpaired) electrons. The zero-order valence-corrected chi connectivity index (χ0v) is 59.7. The number of aliphatic hydroxyl groups excluding tert-OH is 1. The fraction of sp³-hybridized carbons (Fsp3) is 0.632. The highest BCUT2D eigenvalue weighted by atomic mass is 16.6. The molecule has 1 atom stereocenters. The van der Waals surface area contributed by atoms with E-state index in [1.54, 1.807) is 0 Å². The van der Waals surface area contributed by atoms with Crippen molar-refractivity contribution >= 4 is 11.9 Å². The third kappa shape index (κ3) is 77.4. The maximum Gasteiger partial charge on any atom is 0.306 e. The Kier molecular flexibility index (Phi) is 75.9. The summed E-state index contributed by atoms with van der Waals surface area (Å²) in [6.07, 6.45) is 125. The highest BCUT2D eigenvalue weighted by Gasteiger charge is 2.16. The van der Waals surface area contributed by atoms with Gasteiger partial charge in [-0.1, -0.05) is 369 Å². The predicted octanol–water partition coefficient (Wildman–Crippen LogP) is 27.3. The maximum atomic E-state index is 12.4. The minimum absolute atomic E-state index is 0.0767. The molecule has 1 unspecified atom stereocenters. The highest BCUT2D eigenvalue weighted by molar-refractivity contribution is 5.70. The van der Waals surface area contributed by atoms with E-state index in [0.717, 1.165) is 141 Å². The van der Waals surface area contributed by atoms with Gasteiger partial charge in [0.2, 0.25) is 0 Å². The summed E-state index contributed by atoms with van der Waals surface area (Å²) < 4.78 is 10.8. The summed E-state index contributed by atoms with van der Waals surface area (Å²) >= 11 is 0. The quantitative estimate of drug-likeness (QED) is 0.0373. The average molecular weight is 1270 g/mol. The highest BCUT2D eigenvalue weighted by Crippen LogP contribution is 2.18. The molecule has 0 spiro atoms. The van der Waals surface area contributed by atoms with Gasteiger partial charge in [-0.2, -0.15) is 0 Å². The summed E-state index contributed by atoms with van der Waals surface area (Å²) in [7, 11) is 0. The number of unbranched alkanes of at least 4 members (excludes halogenated alkanes) is 31. The Morgan fingerprint density at radius 3 is 0.652 bits per heavy atom. The van der Waals surface area contributed by atoms with Crippen LogP contribution in [-0.4, -0.2) is 36.4 Å². The van der Waals surface area contributed by atoms with Gasteiger partial charge in [0.15, 0.2) is 6.10 Å². The number of aliphatic hydroxyl groups is 1. The van der Waals surface area contributed by atoms with Gasteiger partial charge < -0.3 is 14.6 Å². The van der Waals surface area contributed by atoms with Crippen LogP contribution < -0.4 is 0 Å². The summed E-state index contributed by atoms with van der Waals surface area (Å²) in [6, 6.07) is 0. The Labute approximate surface area is 569 Å². The van der Waals surface area contributed by atoms with Gasteiger partial charge in [-0.15, -0.1) is 0 Å². The van der Waals surface area contributed by atoms with Gasteiger partial charge in [0.1, 0.15) is 6.61 Å². The summed E-state index contributed by atoms with van der Waals surface area (Å²) in [5.41, 5.74) is 0. The molecule has 0 aliphatic heterocycles. The van der Waals surface area contributed by atoms with Gasteiger partial charge in [0.05, 0.1) is 6.61 Å². The zero-order valence-electron chi connectivity index (χ0n) is 59.7. The lowest BCUT2D eigenvalue weighted by atomic mass is 10.0. The molecule has 92 heavy (non-hydrogen) atoms. The lowest BCUT2D eigenvalue weighted by Gasteiger charge is -2.15. The van der Waals surface area contributed by atoms with Gasteiger partial charge in [0.25, 0.3) is 0 Å². The van der Waals surface area contributed by atoms with Crippen LogP contribution in [0, 0.1) is 0 Å². The van der Waals surface area contributed by atoms with E-state index < -0.39 is 6.10 Å². The molecule has 0 aromatic rings. The number of rotatable bonds is 69. The van der Waals surface area contributed by atoms with Crippen molar-refractivity contribution in [3.05, 3.63) is 182 Å². The normalized spacial score (nSPS) is 13.3. The number of allylic oxidation sites excluding steroid dienone is 30. The van der Waals surface area contributed by atoms with Crippen molar-refractivity contribution in [1.29, 1.82) is 0 Å². The average Bonchev–Trinajstić information content (AvgIpc) is 3.64. The van der Waals surface area contributed by atoms with Crippen molar-refractivity contribution in [2.45, 2.75) is 341 Å². The maximum absolute atomic E-state index is 12.4. The third-order valence-corrected chi connectivity index (χ3v) is 16.2. The predicted molar refractivity (Wildman–Crippen MR) is 407 cm³/mol. The molecule has 0 saturated heterocycles. The lowest BCUT2D eigenvalue weighted by molar-refractivity contribution is -0.161. The molecule has 520 valence electrons. The lowest BCUT2D eigenvalue weighted by Crippen LogP contribution is -2.28. The van der Waals surface area contributed by atoms with Crippen LogP contribution >= 0.6 is 0 Å². The van der Waals surface area contributed by atoms with Crippen molar-refractivity contribution in [2.75, 3.05) is 13.2 Å². The van der Waals surface area contributed by atoms with E-state index in [4.69, 9.17) is 9.47 Å². The minimum atomic E-state index is -0.790. The van der Waals surface area contributed by atoms with E-state index >= 15 is 0 Å². The van der Waals surface area contributed by atoms with Gasteiger partial charge >= 0.3 is 11.9 Å². The molecule has 1 N–H and O–H groups in total. The number of ether oxygens (including phenoxy) is 2. The van der Waals surface area contributed by atoms with Gasteiger partial charge in [-0.25, -0.2) is 0 Å². The standard InChI is InChI=1S/C87H142O5/c1-3-5-7-9-11-13-15-17-19-21-23-25-27-29-31-33-35-37-39-41-42-43-44-46-48-50-52-54-56-58-60-62-64-66-68-70-72-74-76-78-80-82-87(90)92-85(83-88)84-91-86(89)81-79-77-75-73-71-69-67-65-63-61-59-57-55-53-51-49-47-45-40-38-36-34-32-30-28-26-24-22-20-18-16-14-12-10-8-6-4-2/h5-8,11-14,17-20,23-26,29,31,35,37,41-42,44,46,50,52,56,58,62,64,85,88H,3-4,9-10,15-16,21-22,27-28,30,32-34,36,38-40,43,45,47-49,51,53-55,57,59-61,63,65-84H2,1-2H3/b7-5-,8-6-,13-11-,14-12-,19-17-,20-18-,25-23-,26-24-,31-29-,37-35-,42-41-,46-44-,52-50-,58-56-,64-62-. The molecule has 0 bridgehead atoms. The van der Waals surface area contributed by atoms with E-state index in [0.29, 0.717) is 12.8 Å². The first-order chi connectivity index (χ1) is 45.6. The second-order valence-corrected chi connectivity index (χ2v) is 25.0. The topological polar surface area (TPSA) is 72.8 Å². The van der Waals surface area contributed by atoms with Crippen molar-refractivity contribution < 1.29 is 24.2 Å². The number of hydrogen-bond acceptors (Lipinski definition) is 5. The Balaban J connectivity index is 3.53. The molecule has 0 rings (SSSR count). The van der Waals surface area contributed by atoms with Crippen molar-refractivity contribution in [3.8, 4) is 0 Å². The molecule has 0 aromatic carbocycles. The first-order valence-electron chi connectivity index (χ1n) is 38.3. The monoisotopic (exact) mass is 1270 g/mol. The van der Waals surface area contributed by atoms with Crippen LogP contribution in [0.1, 0.15) is 335 Å². The van der Waals surface area contributed by atoms with Gasteiger partial charge in [0, 0.05) is 12.8 Å². The number of hydrogen-bond donors (Lipinski definition) is 1. The fourth-order valence-electron chi connectivity index (χ4n) is 10.6. The minimum Gasteiger partial charge on any atom is -0.462 e. The Morgan fingerprint density at radius 1 is 0.250 bits per heavy atom. The molecule has 0 aliphatic rings. The first-order valence-corrected chi connectivity index (χ1v) is 38.3. The van der Waals surface area contributed by atoms with E-state index in [1.165, 1.54) is 167 Å². The molecular weight excluding hydrogens is 1120 g/mol. The van der Waals surface area contributed by atoms with Gasteiger partial charge in [-0.05, 0) is 135 Å². The second-order valence-electron chi connectivity index (χ2n) is 25.0. The number of carbonyl (C=O) groups excluding carboxylic acids is 2. The van der Waals surface area contributed by atoms with E-state index in [9.17, 15) is 14.7 Å². The molecule has 5 heteroatoms. The van der Waals surface area contributed by atoms with Crippen LogP contribution in [0.2, 0.25) is 0 Å². The summed E-state index contributed by atoms with van der Waals surface area (Å²) in [5.74, 6) is -0.601. The van der Waals surface area contributed by atoms with Crippen LogP contribution in [0.3, 0.4) is 0 Å². The van der Waals surface area contributed by atoms with E-state index in [2.05, 4.69) is 196 Å². The zero-order chi connectivity index (χ0) is 66.1.